The van der Waals surface area contributed by atoms with Gasteiger partial charge in [-0.2, -0.15) is 0 Å². The number of methoxy groups -OCH3 is 1. The van der Waals surface area contributed by atoms with E-state index in [1.165, 1.54) is 5.56 Å². The molecule has 2 aromatic rings. The molecule has 0 spiro atoms. The number of ether oxygens (including phenoxy) is 2. The van der Waals surface area contributed by atoms with E-state index in [1.54, 1.807) is 7.11 Å². The molecule has 2 aliphatic rings. The van der Waals surface area contributed by atoms with Crippen LogP contribution in [0.15, 0.2) is 36.4 Å². The summed E-state index contributed by atoms with van der Waals surface area (Å²) in [5.41, 5.74) is 4.10. The maximum absolute atomic E-state index is 12.7. The highest BCUT2D eigenvalue weighted by Crippen LogP contribution is 2.42. The van der Waals surface area contributed by atoms with E-state index in [-0.39, 0.29) is 5.91 Å². The fourth-order valence-corrected chi connectivity index (χ4v) is 3.44. The number of hydrogen-bond donors (Lipinski definition) is 0. The Morgan fingerprint density at radius 1 is 1.22 bits per heavy atom. The average Bonchev–Trinajstić information content (AvgIpc) is 3.18. The second-order valence-corrected chi connectivity index (χ2v) is 5.97. The standard InChI is InChI=1S/C19H19NO3/c1-22-17-11-15-16(18-14(17)8-10-23-18)12-20(19(15)21)9-7-13-5-3-2-4-6-13/h2-6,11H,7-10,12H2,1H3. The van der Waals surface area contributed by atoms with E-state index in [1.807, 2.05) is 29.2 Å². The van der Waals surface area contributed by atoms with Gasteiger partial charge in [0.05, 0.1) is 25.8 Å². The van der Waals surface area contributed by atoms with Crippen molar-refractivity contribution in [3.8, 4) is 11.5 Å². The molecule has 4 heteroatoms. The molecule has 1 amide bonds. The SMILES string of the molecule is COc1cc2c(c3c1CCO3)CN(CCc1ccccc1)C2=O. The molecule has 2 aliphatic heterocycles. The van der Waals surface area contributed by atoms with Gasteiger partial charge in [-0.3, -0.25) is 4.79 Å². The maximum atomic E-state index is 12.7. The summed E-state index contributed by atoms with van der Waals surface area (Å²) < 4.78 is 11.2. The number of hydrogen-bond acceptors (Lipinski definition) is 3. The molecule has 0 aromatic heterocycles. The molecule has 0 saturated heterocycles. The Bertz CT molecular complexity index is 755. The van der Waals surface area contributed by atoms with Crippen LogP contribution in [0.1, 0.15) is 27.0 Å². The second kappa shape index (κ2) is 5.61. The van der Waals surface area contributed by atoms with Crippen molar-refractivity contribution in [2.24, 2.45) is 0 Å². The topological polar surface area (TPSA) is 38.8 Å². The Morgan fingerprint density at radius 2 is 2.04 bits per heavy atom. The van der Waals surface area contributed by atoms with E-state index in [0.717, 1.165) is 41.0 Å². The van der Waals surface area contributed by atoms with Gasteiger partial charge in [0.25, 0.3) is 5.91 Å². The van der Waals surface area contributed by atoms with Gasteiger partial charge >= 0.3 is 0 Å². The van der Waals surface area contributed by atoms with Gasteiger partial charge in [-0.15, -0.1) is 0 Å². The molecule has 0 aliphatic carbocycles. The number of benzene rings is 2. The molecular formula is C19H19NO3. The van der Waals surface area contributed by atoms with E-state index in [0.29, 0.717) is 19.7 Å². The maximum Gasteiger partial charge on any atom is 0.254 e. The van der Waals surface area contributed by atoms with Gasteiger partial charge < -0.3 is 14.4 Å². The number of fused-ring (bicyclic) bond motifs is 3. The molecule has 0 atom stereocenters. The van der Waals surface area contributed by atoms with Crippen molar-refractivity contribution < 1.29 is 14.3 Å². The lowest BCUT2D eigenvalue weighted by Gasteiger charge is -2.15. The molecule has 0 radical (unpaired) electrons. The van der Waals surface area contributed by atoms with Gasteiger partial charge in [-0.25, -0.2) is 0 Å². The van der Waals surface area contributed by atoms with Crippen LogP contribution < -0.4 is 9.47 Å². The summed E-state index contributed by atoms with van der Waals surface area (Å²) in [6.07, 6.45) is 1.71. The van der Waals surface area contributed by atoms with Gasteiger partial charge in [-0.1, -0.05) is 30.3 Å². The van der Waals surface area contributed by atoms with Crippen LogP contribution in [0.2, 0.25) is 0 Å². The number of carbonyl (C=O) groups is 1. The third kappa shape index (κ3) is 2.34. The molecule has 4 nitrogen and oxygen atoms in total. The highest BCUT2D eigenvalue weighted by molar-refractivity contribution is 6.00. The summed E-state index contributed by atoms with van der Waals surface area (Å²) in [5.74, 6) is 1.72. The Hall–Kier alpha value is -2.49. The van der Waals surface area contributed by atoms with Crippen LogP contribution in [0.5, 0.6) is 11.5 Å². The minimum atomic E-state index is 0.0764. The molecule has 118 valence electrons. The van der Waals surface area contributed by atoms with Crippen LogP contribution in [0.4, 0.5) is 0 Å². The molecule has 2 heterocycles. The lowest BCUT2D eigenvalue weighted by atomic mass is 10.0. The lowest BCUT2D eigenvalue weighted by Crippen LogP contribution is -2.26. The first-order valence-corrected chi connectivity index (χ1v) is 7.96. The number of nitrogens with zero attached hydrogens (tertiary/aromatic N) is 1. The lowest BCUT2D eigenvalue weighted by molar-refractivity contribution is 0.0780. The second-order valence-electron chi connectivity index (χ2n) is 5.97. The molecule has 23 heavy (non-hydrogen) atoms. The monoisotopic (exact) mass is 309 g/mol. The van der Waals surface area contributed by atoms with Crippen molar-refractivity contribution in [3.05, 3.63) is 58.7 Å². The fraction of sp³-hybridized carbons (Fsp3) is 0.316. The van der Waals surface area contributed by atoms with Gasteiger partial charge in [0.15, 0.2) is 0 Å². The highest BCUT2D eigenvalue weighted by Gasteiger charge is 2.34. The third-order valence-electron chi connectivity index (χ3n) is 4.64. The van der Waals surface area contributed by atoms with Crippen LogP contribution in [-0.2, 0) is 19.4 Å². The van der Waals surface area contributed by atoms with Gasteiger partial charge in [-0.05, 0) is 18.1 Å². The minimum absolute atomic E-state index is 0.0764. The zero-order chi connectivity index (χ0) is 15.8. The molecule has 0 fully saturated rings. The smallest absolute Gasteiger partial charge is 0.254 e. The van der Waals surface area contributed by atoms with E-state index < -0.39 is 0 Å². The van der Waals surface area contributed by atoms with Gasteiger partial charge in [0.2, 0.25) is 0 Å². The summed E-state index contributed by atoms with van der Waals surface area (Å²) >= 11 is 0. The summed E-state index contributed by atoms with van der Waals surface area (Å²) in [6.45, 7) is 2.02. The molecule has 0 N–H and O–H groups in total. The first-order valence-electron chi connectivity index (χ1n) is 7.96. The van der Waals surface area contributed by atoms with Crippen LogP contribution in [0, 0.1) is 0 Å². The Morgan fingerprint density at radius 3 is 2.83 bits per heavy atom. The predicted molar refractivity (Wildman–Crippen MR) is 87.1 cm³/mol. The average molecular weight is 309 g/mol. The number of amides is 1. The van der Waals surface area contributed by atoms with E-state index >= 15 is 0 Å². The van der Waals surface area contributed by atoms with Crippen molar-refractivity contribution in [1.82, 2.24) is 4.90 Å². The van der Waals surface area contributed by atoms with Crippen LogP contribution in [0.25, 0.3) is 0 Å². The van der Waals surface area contributed by atoms with Gasteiger partial charge in [0.1, 0.15) is 11.5 Å². The van der Waals surface area contributed by atoms with Crippen molar-refractivity contribution in [1.29, 1.82) is 0 Å². The molecule has 0 unspecified atom stereocenters. The van der Waals surface area contributed by atoms with E-state index in [4.69, 9.17) is 9.47 Å². The molecule has 0 bridgehead atoms. The molecular weight excluding hydrogens is 290 g/mol. The Labute approximate surface area is 135 Å². The quantitative estimate of drug-likeness (QED) is 0.872. The van der Waals surface area contributed by atoms with E-state index in [2.05, 4.69) is 12.1 Å². The zero-order valence-corrected chi connectivity index (χ0v) is 13.2. The first-order chi connectivity index (χ1) is 11.3. The normalized spacial score (nSPS) is 15.3. The van der Waals surface area contributed by atoms with Gasteiger partial charge in [0, 0.05) is 24.1 Å². The van der Waals surface area contributed by atoms with Crippen LogP contribution in [0.3, 0.4) is 0 Å². The predicted octanol–water partition coefficient (Wildman–Crippen LogP) is 2.83. The molecule has 0 saturated carbocycles. The summed E-state index contributed by atoms with van der Waals surface area (Å²) in [6, 6.07) is 12.1. The molecule has 4 rings (SSSR count). The Balaban J connectivity index is 1.59. The van der Waals surface area contributed by atoms with Crippen LogP contribution >= 0.6 is 0 Å². The summed E-state index contributed by atoms with van der Waals surface area (Å²) in [7, 11) is 1.65. The van der Waals surface area contributed by atoms with Crippen molar-refractivity contribution in [2.75, 3.05) is 20.3 Å². The van der Waals surface area contributed by atoms with Crippen molar-refractivity contribution >= 4 is 5.91 Å². The van der Waals surface area contributed by atoms with E-state index in [9.17, 15) is 4.79 Å². The number of carbonyl (C=O) groups excluding carboxylic acids is 1. The largest absolute Gasteiger partial charge is 0.496 e. The fourth-order valence-electron chi connectivity index (χ4n) is 3.44. The third-order valence-corrected chi connectivity index (χ3v) is 4.64. The summed E-state index contributed by atoms with van der Waals surface area (Å²) in [5, 5.41) is 0. The number of rotatable bonds is 4. The first kappa shape index (κ1) is 14.1. The molecule has 2 aromatic carbocycles. The highest BCUT2D eigenvalue weighted by atomic mass is 16.5. The minimum Gasteiger partial charge on any atom is -0.496 e. The zero-order valence-electron chi connectivity index (χ0n) is 13.2. The summed E-state index contributed by atoms with van der Waals surface area (Å²) in [4.78, 5) is 14.6. The van der Waals surface area contributed by atoms with Crippen molar-refractivity contribution in [3.63, 3.8) is 0 Å². The Kier molecular flexibility index (Phi) is 3.45. The van der Waals surface area contributed by atoms with Crippen LogP contribution in [-0.4, -0.2) is 31.1 Å². The van der Waals surface area contributed by atoms with Crippen molar-refractivity contribution in [2.45, 2.75) is 19.4 Å².